The van der Waals surface area contributed by atoms with E-state index in [0.29, 0.717) is 11.4 Å². The summed E-state index contributed by atoms with van der Waals surface area (Å²) in [5.41, 5.74) is 5.73. The van der Waals surface area contributed by atoms with Gasteiger partial charge in [-0.15, -0.1) is 0 Å². The molecule has 0 radical (unpaired) electrons. The van der Waals surface area contributed by atoms with Crippen molar-refractivity contribution < 1.29 is 0 Å². The molecule has 0 bridgehead atoms. The summed E-state index contributed by atoms with van der Waals surface area (Å²) in [6.07, 6.45) is 6.22. The molecular weight excluding hydrogens is 338 g/mol. The molecule has 5 rings (SSSR count). The van der Waals surface area contributed by atoms with Crippen LogP contribution in [0.3, 0.4) is 0 Å². The highest BCUT2D eigenvalue weighted by molar-refractivity contribution is 5.60. The van der Waals surface area contributed by atoms with E-state index >= 15 is 0 Å². The van der Waals surface area contributed by atoms with Crippen molar-refractivity contribution in [3.05, 3.63) is 77.3 Å². The number of aromatic amines is 1. The molecule has 1 aliphatic rings. The van der Waals surface area contributed by atoms with E-state index in [1.54, 1.807) is 24.7 Å². The van der Waals surface area contributed by atoms with Crippen LogP contribution in [0.2, 0.25) is 0 Å². The van der Waals surface area contributed by atoms with Crippen molar-refractivity contribution in [2.75, 3.05) is 11.4 Å². The van der Waals surface area contributed by atoms with Crippen molar-refractivity contribution in [1.82, 2.24) is 24.6 Å². The third kappa shape index (κ3) is 2.38. The predicted octanol–water partition coefficient (Wildman–Crippen LogP) is 2.78. The molecule has 5 heterocycles. The highest BCUT2D eigenvalue weighted by Crippen LogP contribution is 2.37. The van der Waals surface area contributed by atoms with E-state index in [4.69, 9.17) is 5.10 Å². The summed E-state index contributed by atoms with van der Waals surface area (Å²) >= 11 is 0. The molecule has 1 aliphatic heterocycles. The Morgan fingerprint density at radius 3 is 3.04 bits per heavy atom. The summed E-state index contributed by atoms with van der Waals surface area (Å²) in [5, 5.41) is 14.4. The zero-order valence-electron chi connectivity index (χ0n) is 14.8. The van der Waals surface area contributed by atoms with Crippen molar-refractivity contribution in [3.63, 3.8) is 0 Å². The maximum atomic E-state index is 9.55. The average molecular weight is 355 g/mol. The van der Waals surface area contributed by atoms with Gasteiger partial charge in [0.2, 0.25) is 0 Å². The normalized spacial score (nSPS) is 16.3. The first kappa shape index (κ1) is 15.6. The Morgan fingerprint density at radius 1 is 1.26 bits per heavy atom. The van der Waals surface area contributed by atoms with Crippen molar-refractivity contribution in [2.24, 2.45) is 0 Å². The quantitative estimate of drug-likeness (QED) is 0.597. The van der Waals surface area contributed by atoms with Crippen LogP contribution in [-0.2, 0) is 6.42 Å². The van der Waals surface area contributed by atoms with Gasteiger partial charge in [0.1, 0.15) is 17.9 Å². The van der Waals surface area contributed by atoms with Gasteiger partial charge < -0.3 is 9.88 Å². The summed E-state index contributed by atoms with van der Waals surface area (Å²) in [6, 6.07) is 11.8. The summed E-state index contributed by atoms with van der Waals surface area (Å²) in [7, 11) is 0. The van der Waals surface area contributed by atoms with E-state index < -0.39 is 0 Å². The Bertz CT molecular complexity index is 1180. The van der Waals surface area contributed by atoms with Crippen molar-refractivity contribution in [1.29, 1.82) is 5.26 Å². The number of nitrogens with one attached hydrogen (secondary N) is 1. The van der Waals surface area contributed by atoms with Gasteiger partial charge in [-0.25, -0.2) is 14.5 Å². The van der Waals surface area contributed by atoms with Gasteiger partial charge >= 0.3 is 0 Å². The first-order valence-electron chi connectivity index (χ1n) is 8.85. The summed E-state index contributed by atoms with van der Waals surface area (Å²) in [5.74, 6) is 0.674. The number of rotatable bonds is 2. The number of H-pyrrole nitrogens is 1. The molecule has 0 aliphatic carbocycles. The molecule has 0 saturated carbocycles. The lowest BCUT2D eigenvalue weighted by atomic mass is 9.99. The van der Waals surface area contributed by atoms with E-state index in [1.807, 2.05) is 16.8 Å². The van der Waals surface area contributed by atoms with Gasteiger partial charge in [0.25, 0.3) is 0 Å². The standard InChI is InChI=1S/C20H17N7/c1-13-4-3-8-27-17(13)10-16(25-27)19-18-15(23-12-24-18)6-9-26(19)20-14(11-21)5-2-7-22-20/h2-5,7-8,10,12,19H,6,9H2,1H3,(H,23,24)/t19-/m1/s1. The number of fused-ring (bicyclic) bond motifs is 2. The number of hydrogen-bond donors (Lipinski definition) is 1. The Hall–Kier alpha value is -3.66. The number of aromatic nitrogens is 5. The monoisotopic (exact) mass is 355 g/mol. The molecule has 4 aromatic heterocycles. The van der Waals surface area contributed by atoms with E-state index in [1.165, 1.54) is 0 Å². The summed E-state index contributed by atoms with van der Waals surface area (Å²) in [6.45, 7) is 2.81. The third-order valence-electron chi connectivity index (χ3n) is 5.12. The molecule has 0 unspecified atom stereocenters. The number of imidazole rings is 1. The molecule has 1 atom stereocenters. The Kier molecular flexibility index (Phi) is 3.44. The molecule has 0 saturated heterocycles. The maximum Gasteiger partial charge on any atom is 0.147 e. The van der Waals surface area contributed by atoms with Crippen LogP contribution < -0.4 is 4.90 Å². The number of aryl methyl sites for hydroxylation is 1. The van der Waals surface area contributed by atoms with Gasteiger partial charge in [0.15, 0.2) is 0 Å². The van der Waals surface area contributed by atoms with Gasteiger partial charge in [0.05, 0.1) is 28.8 Å². The number of nitriles is 1. The fourth-order valence-electron chi connectivity index (χ4n) is 3.83. The molecule has 0 aromatic carbocycles. The van der Waals surface area contributed by atoms with Crippen LogP contribution in [0.25, 0.3) is 5.52 Å². The number of nitrogens with zero attached hydrogens (tertiary/aromatic N) is 6. The maximum absolute atomic E-state index is 9.55. The molecule has 0 amide bonds. The molecule has 1 N–H and O–H groups in total. The first-order valence-corrected chi connectivity index (χ1v) is 8.85. The second-order valence-corrected chi connectivity index (χ2v) is 6.69. The fourth-order valence-corrected chi connectivity index (χ4v) is 3.83. The lowest BCUT2D eigenvalue weighted by Gasteiger charge is -2.35. The minimum atomic E-state index is -0.193. The van der Waals surface area contributed by atoms with Gasteiger partial charge in [-0.1, -0.05) is 6.07 Å². The predicted molar refractivity (Wildman–Crippen MR) is 100 cm³/mol. The lowest BCUT2D eigenvalue weighted by Crippen LogP contribution is -2.37. The number of anilines is 1. The second kappa shape index (κ2) is 5.95. The van der Waals surface area contributed by atoms with Crippen molar-refractivity contribution in [3.8, 4) is 6.07 Å². The second-order valence-electron chi connectivity index (χ2n) is 6.69. The topological polar surface area (TPSA) is 85.9 Å². The van der Waals surface area contributed by atoms with Crippen LogP contribution in [0.4, 0.5) is 5.82 Å². The number of hydrogen-bond acceptors (Lipinski definition) is 5. The van der Waals surface area contributed by atoms with E-state index in [-0.39, 0.29) is 6.04 Å². The molecular formula is C20H17N7. The molecule has 4 aromatic rings. The highest BCUT2D eigenvalue weighted by atomic mass is 15.3. The van der Waals surface area contributed by atoms with Gasteiger partial charge in [0, 0.05) is 31.1 Å². The zero-order chi connectivity index (χ0) is 18.4. The average Bonchev–Trinajstić information content (AvgIpc) is 3.34. The lowest BCUT2D eigenvalue weighted by molar-refractivity contribution is 0.610. The van der Waals surface area contributed by atoms with Crippen LogP contribution in [0, 0.1) is 18.3 Å². The Labute approximate surface area is 155 Å². The van der Waals surface area contributed by atoms with Crippen LogP contribution in [-0.4, -0.2) is 31.1 Å². The third-order valence-corrected chi connectivity index (χ3v) is 5.12. The van der Waals surface area contributed by atoms with E-state index in [0.717, 1.165) is 41.1 Å². The van der Waals surface area contributed by atoms with Crippen LogP contribution in [0.1, 0.15) is 34.3 Å². The fraction of sp³-hybridized carbons (Fsp3) is 0.200. The Balaban J connectivity index is 1.72. The van der Waals surface area contributed by atoms with Gasteiger partial charge in [-0.2, -0.15) is 10.4 Å². The molecule has 0 spiro atoms. The highest BCUT2D eigenvalue weighted by Gasteiger charge is 2.34. The summed E-state index contributed by atoms with van der Waals surface area (Å²) in [4.78, 5) is 14.5. The molecule has 7 heteroatoms. The van der Waals surface area contributed by atoms with Gasteiger partial charge in [-0.3, -0.25) is 0 Å². The van der Waals surface area contributed by atoms with Gasteiger partial charge in [-0.05, 0) is 36.8 Å². The van der Waals surface area contributed by atoms with Crippen LogP contribution in [0.5, 0.6) is 0 Å². The first-order chi connectivity index (χ1) is 13.3. The Morgan fingerprint density at radius 2 is 2.19 bits per heavy atom. The minimum absolute atomic E-state index is 0.193. The SMILES string of the molecule is Cc1cccn2nc([C@@H]3c4nc[nH]c4CCN3c3ncccc3C#N)cc12. The molecule has 0 fully saturated rings. The molecule has 27 heavy (non-hydrogen) atoms. The molecule has 7 nitrogen and oxygen atoms in total. The summed E-state index contributed by atoms with van der Waals surface area (Å²) < 4.78 is 1.90. The van der Waals surface area contributed by atoms with E-state index in [2.05, 4.69) is 45.0 Å². The van der Waals surface area contributed by atoms with Crippen LogP contribution >= 0.6 is 0 Å². The smallest absolute Gasteiger partial charge is 0.147 e. The van der Waals surface area contributed by atoms with Crippen molar-refractivity contribution >= 4 is 11.3 Å². The minimum Gasteiger partial charge on any atom is -0.348 e. The van der Waals surface area contributed by atoms with Crippen molar-refractivity contribution in [2.45, 2.75) is 19.4 Å². The van der Waals surface area contributed by atoms with Crippen LogP contribution in [0.15, 0.2) is 49.1 Å². The molecule has 132 valence electrons. The van der Waals surface area contributed by atoms with E-state index in [9.17, 15) is 5.26 Å². The zero-order valence-corrected chi connectivity index (χ0v) is 14.8. The number of pyridine rings is 2. The largest absolute Gasteiger partial charge is 0.348 e.